The monoisotopic (exact) mass is 409 g/mol. The molecular weight excluding hydrogens is 366 g/mol. The zero-order valence-electron chi connectivity index (χ0n) is 19.1. The lowest BCUT2D eigenvalue weighted by Crippen LogP contribution is -2.31. The topological polar surface area (TPSA) is 95.3 Å². The number of carbonyl (C=O) groups is 1. The molecule has 2 atom stereocenters. The lowest BCUT2D eigenvalue weighted by Gasteiger charge is -2.20. The summed E-state index contributed by atoms with van der Waals surface area (Å²) >= 11 is 0. The molecule has 0 amide bonds. The number of nitrogens with zero attached hydrogens (tertiary/aromatic N) is 3. The summed E-state index contributed by atoms with van der Waals surface area (Å²) < 4.78 is 5.16. The molecule has 0 fully saturated rings. The first kappa shape index (κ1) is 27.5. The Kier molecular flexibility index (Phi) is 16.4. The van der Waals surface area contributed by atoms with E-state index in [0.29, 0.717) is 0 Å². The standard InChI is InChI=1S/C23H43N3O3/c1-5-6-7-8-9-10-11-12-13-14-15-16-17-18-21(27)20(25-26-24)19-29-22(28)23(2,3)4/h17-18,20-21,27H,5-16,19H2,1-4H3/b18-17+. The van der Waals surface area contributed by atoms with Gasteiger partial charge in [-0.15, -0.1) is 0 Å². The van der Waals surface area contributed by atoms with Crippen LogP contribution in [0.15, 0.2) is 17.3 Å². The van der Waals surface area contributed by atoms with E-state index in [2.05, 4.69) is 16.9 Å². The van der Waals surface area contributed by atoms with Crippen LogP contribution in [0.1, 0.15) is 105 Å². The lowest BCUT2D eigenvalue weighted by atomic mass is 9.97. The van der Waals surface area contributed by atoms with Gasteiger partial charge in [0.05, 0.1) is 11.5 Å². The minimum absolute atomic E-state index is 0.121. The molecule has 29 heavy (non-hydrogen) atoms. The van der Waals surface area contributed by atoms with Crippen molar-refractivity contribution in [1.82, 2.24) is 0 Å². The molecule has 0 spiro atoms. The summed E-state index contributed by atoms with van der Waals surface area (Å²) in [5, 5.41) is 13.8. The van der Waals surface area contributed by atoms with Gasteiger partial charge in [-0.2, -0.15) is 0 Å². The van der Waals surface area contributed by atoms with Crippen LogP contribution in [0.2, 0.25) is 0 Å². The molecule has 6 heteroatoms. The van der Waals surface area contributed by atoms with Crippen molar-refractivity contribution >= 4 is 5.97 Å². The second-order valence-corrected chi connectivity index (χ2v) is 8.86. The van der Waals surface area contributed by atoms with E-state index in [0.717, 1.165) is 12.8 Å². The number of rotatable bonds is 17. The quantitative estimate of drug-likeness (QED) is 0.0708. The summed E-state index contributed by atoms with van der Waals surface area (Å²) in [6.07, 6.45) is 17.8. The average molecular weight is 410 g/mol. The van der Waals surface area contributed by atoms with Crippen LogP contribution < -0.4 is 0 Å². The second-order valence-electron chi connectivity index (χ2n) is 8.86. The van der Waals surface area contributed by atoms with Crippen LogP contribution in [0.3, 0.4) is 0 Å². The lowest BCUT2D eigenvalue weighted by molar-refractivity contribution is -0.153. The van der Waals surface area contributed by atoms with Gasteiger partial charge in [-0.1, -0.05) is 88.4 Å². The fourth-order valence-electron chi connectivity index (χ4n) is 2.93. The van der Waals surface area contributed by atoms with Crippen LogP contribution in [-0.2, 0) is 9.53 Å². The number of aliphatic hydroxyl groups excluding tert-OH is 1. The Hall–Kier alpha value is -1.52. The number of hydrogen-bond donors (Lipinski definition) is 1. The molecule has 0 bridgehead atoms. The highest BCUT2D eigenvalue weighted by Crippen LogP contribution is 2.16. The van der Waals surface area contributed by atoms with Gasteiger partial charge in [0.1, 0.15) is 12.6 Å². The highest BCUT2D eigenvalue weighted by molar-refractivity contribution is 5.75. The maximum atomic E-state index is 11.8. The van der Waals surface area contributed by atoms with Crippen molar-refractivity contribution in [1.29, 1.82) is 0 Å². The zero-order valence-corrected chi connectivity index (χ0v) is 19.1. The maximum Gasteiger partial charge on any atom is 0.311 e. The van der Waals surface area contributed by atoms with Gasteiger partial charge < -0.3 is 9.84 Å². The van der Waals surface area contributed by atoms with E-state index >= 15 is 0 Å². The van der Waals surface area contributed by atoms with Crippen molar-refractivity contribution in [3.05, 3.63) is 22.6 Å². The summed E-state index contributed by atoms with van der Waals surface area (Å²) in [6, 6.07) is -0.806. The number of ether oxygens (including phenoxy) is 1. The number of azide groups is 1. The summed E-state index contributed by atoms with van der Waals surface area (Å²) in [4.78, 5) is 14.6. The van der Waals surface area contributed by atoms with Gasteiger partial charge in [0.2, 0.25) is 0 Å². The molecule has 0 aromatic carbocycles. The Balaban J connectivity index is 3.89. The molecule has 0 rings (SSSR count). The molecule has 0 aromatic heterocycles. The maximum absolute atomic E-state index is 11.8. The molecule has 1 N–H and O–H groups in total. The molecule has 0 aromatic rings. The number of esters is 1. The largest absolute Gasteiger partial charge is 0.465 e. The highest BCUT2D eigenvalue weighted by Gasteiger charge is 2.25. The predicted octanol–water partition coefficient (Wildman–Crippen LogP) is 6.87. The minimum atomic E-state index is -0.952. The van der Waals surface area contributed by atoms with Crippen LogP contribution in [0.4, 0.5) is 0 Å². The average Bonchev–Trinajstić information content (AvgIpc) is 2.67. The van der Waals surface area contributed by atoms with Crippen LogP contribution in [0.5, 0.6) is 0 Å². The molecule has 2 unspecified atom stereocenters. The molecule has 0 aliphatic heterocycles. The Morgan fingerprint density at radius 2 is 1.55 bits per heavy atom. The van der Waals surface area contributed by atoms with Gasteiger partial charge in [0.25, 0.3) is 0 Å². The van der Waals surface area contributed by atoms with Crippen molar-refractivity contribution in [3.8, 4) is 0 Å². The van der Waals surface area contributed by atoms with Gasteiger partial charge >= 0.3 is 5.97 Å². The van der Waals surface area contributed by atoms with Gasteiger partial charge in [-0.25, -0.2) is 0 Å². The Bertz CT molecular complexity index is 494. The van der Waals surface area contributed by atoms with E-state index in [9.17, 15) is 9.90 Å². The van der Waals surface area contributed by atoms with Crippen LogP contribution in [0, 0.1) is 5.41 Å². The van der Waals surface area contributed by atoms with Gasteiger partial charge in [-0.3, -0.25) is 4.79 Å². The third kappa shape index (κ3) is 16.0. The van der Waals surface area contributed by atoms with Crippen LogP contribution in [0.25, 0.3) is 10.4 Å². The number of hydrogen-bond acceptors (Lipinski definition) is 4. The number of allylic oxidation sites excluding steroid dienone is 1. The molecule has 0 saturated heterocycles. The Labute approximate surface area is 177 Å². The van der Waals surface area contributed by atoms with Crippen LogP contribution in [-0.4, -0.2) is 29.8 Å². The minimum Gasteiger partial charge on any atom is -0.465 e. The molecule has 0 saturated carbocycles. The van der Waals surface area contributed by atoms with E-state index in [1.807, 2.05) is 6.08 Å². The van der Waals surface area contributed by atoms with Crippen molar-refractivity contribution in [2.45, 2.75) is 117 Å². The van der Waals surface area contributed by atoms with Crippen molar-refractivity contribution in [3.63, 3.8) is 0 Å². The molecule has 6 nitrogen and oxygen atoms in total. The first-order valence-corrected chi connectivity index (χ1v) is 11.4. The summed E-state index contributed by atoms with van der Waals surface area (Å²) in [7, 11) is 0. The third-order valence-corrected chi connectivity index (χ3v) is 4.90. The first-order chi connectivity index (χ1) is 13.8. The van der Waals surface area contributed by atoms with E-state index in [1.165, 1.54) is 64.2 Å². The normalized spacial score (nSPS) is 13.8. The van der Waals surface area contributed by atoms with Gasteiger partial charge in [-0.05, 0) is 39.1 Å². The fourth-order valence-corrected chi connectivity index (χ4v) is 2.93. The number of carbonyl (C=O) groups excluding carboxylic acids is 1. The smallest absolute Gasteiger partial charge is 0.311 e. The Morgan fingerprint density at radius 1 is 1.03 bits per heavy atom. The number of aliphatic hydroxyl groups is 1. The third-order valence-electron chi connectivity index (χ3n) is 4.90. The molecular formula is C23H43N3O3. The summed E-state index contributed by atoms with van der Waals surface area (Å²) in [6.45, 7) is 7.38. The van der Waals surface area contributed by atoms with Gasteiger partial charge in [0, 0.05) is 4.91 Å². The fraction of sp³-hybridized carbons (Fsp3) is 0.870. The molecule has 0 aliphatic rings. The highest BCUT2D eigenvalue weighted by atomic mass is 16.5. The summed E-state index contributed by atoms with van der Waals surface area (Å²) in [5.41, 5.74) is 8.05. The van der Waals surface area contributed by atoms with Crippen molar-refractivity contribution in [2.75, 3.05) is 6.61 Å². The van der Waals surface area contributed by atoms with E-state index in [4.69, 9.17) is 10.3 Å². The summed E-state index contributed by atoms with van der Waals surface area (Å²) in [5.74, 6) is -0.382. The van der Waals surface area contributed by atoms with E-state index in [1.54, 1.807) is 26.8 Å². The van der Waals surface area contributed by atoms with Crippen LogP contribution >= 0.6 is 0 Å². The number of unbranched alkanes of at least 4 members (excludes halogenated alkanes) is 11. The SMILES string of the molecule is CCCCCCCCCCCCC/C=C/C(O)C(COC(=O)C(C)(C)C)N=[N+]=[N-]. The molecule has 0 heterocycles. The van der Waals surface area contributed by atoms with Crippen molar-refractivity contribution in [2.24, 2.45) is 10.5 Å². The van der Waals surface area contributed by atoms with Gasteiger partial charge in [0.15, 0.2) is 0 Å². The first-order valence-electron chi connectivity index (χ1n) is 11.4. The predicted molar refractivity (Wildman–Crippen MR) is 120 cm³/mol. The van der Waals surface area contributed by atoms with E-state index in [-0.39, 0.29) is 12.6 Å². The van der Waals surface area contributed by atoms with Crippen molar-refractivity contribution < 1.29 is 14.6 Å². The molecule has 0 aliphatic carbocycles. The zero-order chi connectivity index (χ0) is 22.0. The molecule has 168 valence electrons. The Morgan fingerprint density at radius 3 is 2.03 bits per heavy atom. The second kappa shape index (κ2) is 17.3. The molecule has 0 radical (unpaired) electrons. The van der Waals surface area contributed by atoms with E-state index < -0.39 is 17.6 Å².